The lowest BCUT2D eigenvalue weighted by atomic mass is 10.1. The van der Waals surface area contributed by atoms with E-state index in [-0.39, 0.29) is 11.9 Å². The number of aromatic nitrogens is 4. The summed E-state index contributed by atoms with van der Waals surface area (Å²) in [4.78, 5) is 4.01. The average Bonchev–Trinajstić information content (AvgIpc) is 3.04. The first kappa shape index (κ1) is 14.5. The lowest BCUT2D eigenvalue weighted by Gasteiger charge is -2.14. The molecule has 0 aliphatic heterocycles. The topological polar surface area (TPSA) is 73.1 Å². The molecule has 0 amide bonds. The van der Waals surface area contributed by atoms with Gasteiger partial charge in [-0.3, -0.25) is 0 Å². The van der Waals surface area contributed by atoms with Crippen LogP contribution in [-0.2, 0) is 0 Å². The van der Waals surface area contributed by atoms with Crippen molar-refractivity contribution < 1.29 is 9.84 Å². The van der Waals surface area contributed by atoms with Crippen molar-refractivity contribution in [3.05, 3.63) is 49.1 Å². The summed E-state index contributed by atoms with van der Waals surface area (Å²) < 4.78 is 7.75. The van der Waals surface area contributed by atoms with Gasteiger partial charge in [0, 0.05) is 30.1 Å². The van der Waals surface area contributed by atoms with Crippen molar-refractivity contribution in [3.8, 4) is 28.6 Å². The maximum absolute atomic E-state index is 10.3. The second kappa shape index (κ2) is 5.58. The van der Waals surface area contributed by atoms with Gasteiger partial charge < -0.3 is 14.4 Å². The second-order valence-corrected chi connectivity index (χ2v) is 6.90. The second-order valence-electron chi connectivity index (χ2n) is 6.90. The molecule has 0 radical (unpaired) electrons. The number of fused-ring (bicyclic) bond motifs is 1. The van der Waals surface area contributed by atoms with Crippen LogP contribution in [-0.4, -0.2) is 31.0 Å². The minimum atomic E-state index is 0.157. The third kappa shape index (κ3) is 2.73. The molecule has 1 aromatic carbocycles. The molecule has 1 N–H and O–H groups in total. The Morgan fingerprint density at radius 1 is 1.04 bits per heavy atom. The molecule has 3 atom stereocenters. The van der Waals surface area contributed by atoms with Crippen LogP contribution < -0.4 is 4.74 Å². The number of nitrogens with zero attached hydrogens (tertiary/aromatic N) is 4. The van der Waals surface area contributed by atoms with Crippen molar-refractivity contribution in [1.82, 2.24) is 19.7 Å². The van der Waals surface area contributed by atoms with E-state index in [2.05, 4.69) is 15.2 Å². The number of benzene rings is 1. The molecule has 2 aliphatic rings. The van der Waals surface area contributed by atoms with E-state index in [4.69, 9.17) is 4.74 Å². The summed E-state index contributed by atoms with van der Waals surface area (Å²) in [6.07, 6.45) is 9.16. The fourth-order valence-corrected chi connectivity index (χ4v) is 3.76. The van der Waals surface area contributed by atoms with Gasteiger partial charge in [-0.15, -0.1) is 10.2 Å². The van der Waals surface area contributed by atoms with Crippen molar-refractivity contribution in [2.24, 2.45) is 11.8 Å². The molecule has 5 rings (SSSR count). The number of rotatable bonds is 4. The molecule has 3 aromatic rings. The van der Waals surface area contributed by atoms with Gasteiger partial charge >= 0.3 is 0 Å². The third-order valence-corrected chi connectivity index (χ3v) is 5.19. The summed E-state index contributed by atoms with van der Waals surface area (Å²) in [6.45, 7) is 0. The molecule has 6 nitrogen and oxygen atoms in total. The molecule has 2 heterocycles. The van der Waals surface area contributed by atoms with Crippen LogP contribution in [0.5, 0.6) is 11.6 Å². The number of ether oxygens (including phenoxy) is 1. The van der Waals surface area contributed by atoms with Crippen LogP contribution in [0.2, 0.25) is 0 Å². The number of phenols is 1. The first-order valence-electron chi connectivity index (χ1n) is 8.58. The van der Waals surface area contributed by atoms with Gasteiger partial charge in [0.1, 0.15) is 11.9 Å². The molecule has 25 heavy (non-hydrogen) atoms. The smallest absolute Gasteiger partial charge is 0.233 e. The molecule has 2 aromatic heterocycles. The van der Waals surface area contributed by atoms with Crippen LogP contribution in [0.15, 0.2) is 49.1 Å². The SMILES string of the molecule is Oc1cc(-n2ccnc2)ccc1-c1ccc(OC2C[C@@H]3C[C@@H]3C2)nn1. The van der Waals surface area contributed by atoms with Crippen LogP contribution in [0, 0.1) is 11.8 Å². The lowest BCUT2D eigenvalue weighted by molar-refractivity contribution is 0.184. The van der Waals surface area contributed by atoms with Gasteiger partial charge in [-0.1, -0.05) is 0 Å². The summed E-state index contributed by atoms with van der Waals surface area (Å²) in [7, 11) is 0. The van der Waals surface area contributed by atoms with E-state index in [1.54, 1.807) is 18.6 Å². The van der Waals surface area contributed by atoms with Gasteiger partial charge in [0.05, 0.1) is 17.7 Å². The van der Waals surface area contributed by atoms with Crippen molar-refractivity contribution in [2.45, 2.75) is 25.4 Å². The molecule has 2 saturated carbocycles. The predicted molar refractivity (Wildman–Crippen MR) is 91.5 cm³/mol. The highest BCUT2D eigenvalue weighted by atomic mass is 16.5. The summed E-state index contributed by atoms with van der Waals surface area (Å²) in [5, 5.41) is 18.7. The van der Waals surface area contributed by atoms with Gasteiger partial charge in [-0.25, -0.2) is 4.98 Å². The molecule has 2 aliphatic carbocycles. The van der Waals surface area contributed by atoms with Crippen LogP contribution >= 0.6 is 0 Å². The largest absolute Gasteiger partial charge is 0.507 e. The molecule has 0 spiro atoms. The fraction of sp³-hybridized carbons (Fsp3) is 0.316. The molecular formula is C19H18N4O2. The van der Waals surface area contributed by atoms with Gasteiger partial charge in [-0.05, 0) is 49.3 Å². The highest BCUT2D eigenvalue weighted by molar-refractivity contribution is 5.68. The zero-order valence-corrected chi connectivity index (χ0v) is 13.6. The van der Waals surface area contributed by atoms with Gasteiger partial charge in [0.2, 0.25) is 5.88 Å². The van der Waals surface area contributed by atoms with Crippen molar-refractivity contribution in [1.29, 1.82) is 0 Å². The molecular weight excluding hydrogens is 316 g/mol. The van der Waals surface area contributed by atoms with Crippen LogP contribution in [0.1, 0.15) is 19.3 Å². The summed E-state index contributed by atoms with van der Waals surface area (Å²) >= 11 is 0. The highest BCUT2D eigenvalue weighted by Gasteiger charge is 2.46. The minimum Gasteiger partial charge on any atom is -0.507 e. The Labute approximate surface area is 145 Å². The Hall–Kier alpha value is -2.89. The van der Waals surface area contributed by atoms with E-state index in [1.807, 2.05) is 35.0 Å². The van der Waals surface area contributed by atoms with E-state index in [1.165, 1.54) is 6.42 Å². The van der Waals surface area contributed by atoms with E-state index >= 15 is 0 Å². The third-order valence-electron chi connectivity index (χ3n) is 5.19. The van der Waals surface area contributed by atoms with Gasteiger partial charge in [0.15, 0.2) is 0 Å². The minimum absolute atomic E-state index is 0.157. The zero-order valence-electron chi connectivity index (χ0n) is 13.6. The quantitative estimate of drug-likeness (QED) is 0.793. The van der Waals surface area contributed by atoms with Crippen LogP contribution in [0.25, 0.3) is 16.9 Å². The van der Waals surface area contributed by atoms with Crippen LogP contribution in [0.4, 0.5) is 0 Å². The first-order chi connectivity index (χ1) is 12.3. The molecule has 0 bridgehead atoms. The molecule has 6 heteroatoms. The predicted octanol–water partition coefficient (Wildman–Crippen LogP) is 3.21. The Morgan fingerprint density at radius 3 is 2.60 bits per heavy atom. The Balaban J connectivity index is 1.34. The van der Waals surface area contributed by atoms with Gasteiger partial charge in [0.25, 0.3) is 0 Å². The highest BCUT2D eigenvalue weighted by Crippen LogP contribution is 2.52. The van der Waals surface area contributed by atoms with E-state index in [0.29, 0.717) is 17.1 Å². The van der Waals surface area contributed by atoms with E-state index in [9.17, 15) is 5.11 Å². The first-order valence-corrected chi connectivity index (χ1v) is 8.58. The van der Waals surface area contributed by atoms with Gasteiger partial charge in [-0.2, -0.15) is 0 Å². The maximum atomic E-state index is 10.3. The Bertz CT molecular complexity index is 882. The zero-order chi connectivity index (χ0) is 16.8. The normalized spacial score (nSPS) is 24.1. The summed E-state index contributed by atoms with van der Waals surface area (Å²) in [5.41, 5.74) is 2.10. The number of hydrogen-bond acceptors (Lipinski definition) is 5. The van der Waals surface area contributed by atoms with Crippen LogP contribution in [0.3, 0.4) is 0 Å². The van der Waals surface area contributed by atoms with E-state index < -0.39 is 0 Å². The Kier molecular flexibility index (Phi) is 3.23. The summed E-state index contributed by atoms with van der Waals surface area (Å²) in [6, 6.07) is 9.10. The average molecular weight is 334 g/mol. The fourth-order valence-electron chi connectivity index (χ4n) is 3.76. The molecule has 0 saturated heterocycles. The molecule has 1 unspecified atom stereocenters. The monoisotopic (exact) mass is 334 g/mol. The molecule has 126 valence electrons. The van der Waals surface area contributed by atoms with Crippen molar-refractivity contribution in [2.75, 3.05) is 0 Å². The number of phenolic OH excluding ortho intramolecular Hbond substituents is 1. The van der Waals surface area contributed by atoms with Crippen molar-refractivity contribution >= 4 is 0 Å². The Morgan fingerprint density at radius 2 is 1.92 bits per heavy atom. The number of aromatic hydroxyl groups is 1. The number of imidazole rings is 1. The molecule has 2 fully saturated rings. The lowest BCUT2D eigenvalue weighted by Crippen LogP contribution is -2.14. The maximum Gasteiger partial charge on any atom is 0.233 e. The summed E-state index contributed by atoms with van der Waals surface area (Å²) in [5.74, 6) is 2.47. The van der Waals surface area contributed by atoms with Crippen molar-refractivity contribution in [3.63, 3.8) is 0 Å². The standard InChI is InChI=1S/C19H18N4O2/c24-18-10-14(23-6-5-20-11-23)1-2-16(18)17-3-4-19(22-21-17)25-15-8-12-7-13(12)9-15/h1-6,10-13,15,24H,7-9H2/t12-,13+,15?. The number of hydrogen-bond donors (Lipinski definition) is 1. The van der Waals surface area contributed by atoms with E-state index in [0.717, 1.165) is 30.4 Å².